The van der Waals surface area contributed by atoms with E-state index in [0.29, 0.717) is 12.0 Å². The topological polar surface area (TPSA) is 24.9 Å². The van der Waals surface area contributed by atoms with Crippen LogP contribution in [-0.4, -0.2) is 17.6 Å². The van der Waals surface area contributed by atoms with E-state index in [1.54, 1.807) is 0 Å². The first-order valence-corrected chi connectivity index (χ1v) is 5.92. The van der Waals surface area contributed by atoms with Gasteiger partial charge in [0.05, 0.1) is 5.52 Å². The van der Waals surface area contributed by atoms with Gasteiger partial charge in [0.1, 0.15) is 0 Å². The molecule has 2 atom stereocenters. The second-order valence-corrected chi connectivity index (χ2v) is 4.67. The van der Waals surface area contributed by atoms with Crippen molar-refractivity contribution in [3.05, 3.63) is 42.1 Å². The van der Waals surface area contributed by atoms with Gasteiger partial charge < -0.3 is 5.32 Å². The van der Waals surface area contributed by atoms with Crippen LogP contribution in [0.2, 0.25) is 0 Å². The second kappa shape index (κ2) is 3.87. The lowest BCUT2D eigenvalue weighted by atomic mass is 10.0. The van der Waals surface area contributed by atoms with Crippen molar-refractivity contribution in [2.75, 3.05) is 6.54 Å². The summed E-state index contributed by atoms with van der Waals surface area (Å²) in [6.07, 6.45) is 1.20. The predicted octanol–water partition coefficient (Wildman–Crippen LogP) is 2.70. The molecule has 0 bridgehead atoms. The van der Waals surface area contributed by atoms with Crippen LogP contribution in [0.1, 0.15) is 25.0 Å². The smallest absolute Gasteiger partial charge is 0.0705 e. The molecule has 0 aliphatic carbocycles. The molecule has 2 heteroatoms. The van der Waals surface area contributed by atoms with Crippen molar-refractivity contribution in [2.45, 2.75) is 25.3 Å². The molecular formula is C14H16N2. The summed E-state index contributed by atoms with van der Waals surface area (Å²) in [6, 6.07) is 13.3. The van der Waals surface area contributed by atoms with Gasteiger partial charge in [-0.2, -0.15) is 0 Å². The van der Waals surface area contributed by atoms with Crippen molar-refractivity contribution in [1.82, 2.24) is 10.3 Å². The standard InChI is InChI=1S/C14H16N2/c1-10-8-12(9-15-10)14-7-6-11-4-2-3-5-13(11)16-14/h2-7,10,12,15H,8-9H2,1H3. The summed E-state index contributed by atoms with van der Waals surface area (Å²) < 4.78 is 0. The highest BCUT2D eigenvalue weighted by Crippen LogP contribution is 2.25. The second-order valence-electron chi connectivity index (χ2n) is 4.67. The van der Waals surface area contributed by atoms with Gasteiger partial charge in [-0.3, -0.25) is 4.98 Å². The highest BCUT2D eigenvalue weighted by Gasteiger charge is 2.23. The first-order chi connectivity index (χ1) is 7.83. The van der Waals surface area contributed by atoms with Crippen molar-refractivity contribution < 1.29 is 0 Å². The molecule has 2 nitrogen and oxygen atoms in total. The first-order valence-electron chi connectivity index (χ1n) is 5.92. The zero-order valence-electron chi connectivity index (χ0n) is 9.48. The van der Waals surface area contributed by atoms with Gasteiger partial charge in [-0.1, -0.05) is 24.3 Å². The summed E-state index contributed by atoms with van der Waals surface area (Å²) in [6.45, 7) is 3.30. The zero-order valence-corrected chi connectivity index (χ0v) is 9.48. The lowest BCUT2D eigenvalue weighted by molar-refractivity contribution is 0.656. The Morgan fingerprint density at radius 1 is 1.19 bits per heavy atom. The molecule has 1 aromatic carbocycles. The number of fused-ring (bicyclic) bond motifs is 1. The maximum Gasteiger partial charge on any atom is 0.0705 e. The van der Waals surface area contributed by atoms with E-state index in [9.17, 15) is 0 Å². The summed E-state index contributed by atoms with van der Waals surface area (Å²) in [7, 11) is 0. The molecule has 1 aliphatic rings. The molecule has 0 spiro atoms. The number of nitrogens with one attached hydrogen (secondary N) is 1. The molecule has 1 N–H and O–H groups in total. The molecule has 2 unspecified atom stereocenters. The highest BCUT2D eigenvalue weighted by molar-refractivity contribution is 5.78. The van der Waals surface area contributed by atoms with Crippen LogP contribution in [0, 0.1) is 0 Å². The highest BCUT2D eigenvalue weighted by atomic mass is 14.9. The Bertz CT molecular complexity index is 507. The van der Waals surface area contributed by atoms with Crippen molar-refractivity contribution in [3.8, 4) is 0 Å². The summed E-state index contributed by atoms with van der Waals surface area (Å²) in [4.78, 5) is 4.75. The normalized spacial score (nSPS) is 25.1. The fourth-order valence-electron chi connectivity index (χ4n) is 2.47. The zero-order chi connectivity index (χ0) is 11.0. The monoisotopic (exact) mass is 212 g/mol. The van der Waals surface area contributed by atoms with Crippen molar-refractivity contribution in [3.63, 3.8) is 0 Å². The summed E-state index contributed by atoms with van der Waals surface area (Å²) in [5.41, 5.74) is 2.34. The van der Waals surface area contributed by atoms with Gasteiger partial charge in [0.2, 0.25) is 0 Å². The lowest BCUT2D eigenvalue weighted by Gasteiger charge is -2.08. The Morgan fingerprint density at radius 2 is 2.06 bits per heavy atom. The van der Waals surface area contributed by atoms with Crippen molar-refractivity contribution in [1.29, 1.82) is 0 Å². The Hall–Kier alpha value is -1.41. The number of hydrogen-bond acceptors (Lipinski definition) is 2. The number of aromatic nitrogens is 1. The molecule has 82 valence electrons. The molecule has 0 amide bonds. The van der Waals surface area contributed by atoms with Crippen molar-refractivity contribution >= 4 is 10.9 Å². The minimum atomic E-state index is 0.583. The molecule has 1 aromatic heterocycles. The molecule has 2 aromatic rings. The van der Waals surface area contributed by atoms with E-state index in [4.69, 9.17) is 4.98 Å². The molecule has 2 heterocycles. The van der Waals surface area contributed by atoms with Crippen LogP contribution in [0.3, 0.4) is 0 Å². The van der Waals surface area contributed by atoms with Gasteiger partial charge in [0.25, 0.3) is 0 Å². The third kappa shape index (κ3) is 1.69. The summed E-state index contributed by atoms with van der Waals surface area (Å²) in [5.74, 6) is 0.583. The molecule has 16 heavy (non-hydrogen) atoms. The largest absolute Gasteiger partial charge is 0.314 e. The maximum absolute atomic E-state index is 4.75. The van der Waals surface area contributed by atoms with Crippen LogP contribution in [0.4, 0.5) is 0 Å². The van der Waals surface area contributed by atoms with Crippen LogP contribution in [0.25, 0.3) is 10.9 Å². The predicted molar refractivity (Wildman–Crippen MR) is 66.6 cm³/mol. The Balaban J connectivity index is 1.99. The Morgan fingerprint density at radius 3 is 2.88 bits per heavy atom. The quantitative estimate of drug-likeness (QED) is 0.786. The number of hydrogen-bond donors (Lipinski definition) is 1. The van der Waals surface area contributed by atoms with Crippen LogP contribution in [0.15, 0.2) is 36.4 Å². The number of benzene rings is 1. The molecule has 3 rings (SSSR count). The first kappa shape index (κ1) is 9.79. The third-order valence-corrected chi connectivity index (χ3v) is 3.39. The van der Waals surface area contributed by atoms with E-state index < -0.39 is 0 Å². The third-order valence-electron chi connectivity index (χ3n) is 3.39. The van der Waals surface area contributed by atoms with E-state index in [1.165, 1.54) is 17.5 Å². The van der Waals surface area contributed by atoms with Crippen LogP contribution >= 0.6 is 0 Å². The minimum Gasteiger partial charge on any atom is -0.314 e. The van der Waals surface area contributed by atoms with Crippen LogP contribution < -0.4 is 5.32 Å². The molecular weight excluding hydrogens is 196 g/mol. The van der Waals surface area contributed by atoms with E-state index in [1.807, 2.05) is 0 Å². The van der Waals surface area contributed by atoms with E-state index >= 15 is 0 Å². The van der Waals surface area contributed by atoms with Gasteiger partial charge in [-0.25, -0.2) is 0 Å². The van der Waals surface area contributed by atoms with Crippen LogP contribution in [-0.2, 0) is 0 Å². The number of para-hydroxylation sites is 1. The summed E-state index contributed by atoms with van der Waals surface area (Å²) >= 11 is 0. The van der Waals surface area contributed by atoms with Gasteiger partial charge >= 0.3 is 0 Å². The molecule has 1 aliphatic heterocycles. The van der Waals surface area contributed by atoms with E-state index in [2.05, 4.69) is 48.6 Å². The molecule has 1 fully saturated rings. The Labute approximate surface area is 95.7 Å². The minimum absolute atomic E-state index is 0.583. The fraction of sp³-hybridized carbons (Fsp3) is 0.357. The van der Waals surface area contributed by atoms with Gasteiger partial charge in [-0.15, -0.1) is 0 Å². The number of pyridine rings is 1. The SMILES string of the molecule is CC1CC(c2ccc3ccccc3n2)CN1. The van der Waals surface area contributed by atoms with Gasteiger partial charge in [-0.05, 0) is 25.5 Å². The average molecular weight is 212 g/mol. The fourth-order valence-corrected chi connectivity index (χ4v) is 2.47. The summed E-state index contributed by atoms with van der Waals surface area (Å²) in [5, 5.41) is 4.70. The lowest BCUT2D eigenvalue weighted by Crippen LogP contribution is -2.16. The Kier molecular flexibility index (Phi) is 2.37. The van der Waals surface area contributed by atoms with Crippen molar-refractivity contribution in [2.24, 2.45) is 0 Å². The molecule has 1 saturated heterocycles. The molecule has 0 saturated carbocycles. The van der Waals surface area contributed by atoms with Gasteiger partial charge in [0.15, 0.2) is 0 Å². The number of nitrogens with zero attached hydrogens (tertiary/aromatic N) is 1. The number of rotatable bonds is 1. The van der Waals surface area contributed by atoms with E-state index in [-0.39, 0.29) is 0 Å². The maximum atomic E-state index is 4.75. The van der Waals surface area contributed by atoms with Gasteiger partial charge in [0, 0.05) is 29.6 Å². The van der Waals surface area contributed by atoms with Crippen LogP contribution in [0.5, 0.6) is 0 Å². The van der Waals surface area contributed by atoms with E-state index in [0.717, 1.165) is 12.1 Å². The molecule has 0 radical (unpaired) electrons. The average Bonchev–Trinajstić information content (AvgIpc) is 2.75.